The third-order valence-electron chi connectivity index (χ3n) is 7.34. The molecule has 5 rings (SSSR count). The van der Waals surface area contributed by atoms with Crippen LogP contribution in [0.3, 0.4) is 0 Å². The molecule has 2 N–H and O–H groups in total. The first-order valence-corrected chi connectivity index (χ1v) is 14.8. The molecule has 3 aromatic carbocycles. The summed E-state index contributed by atoms with van der Waals surface area (Å²) in [5.41, 5.74) is 2.16. The smallest absolute Gasteiger partial charge is 0.240 e. The third kappa shape index (κ3) is 6.49. The number of anilines is 2. The van der Waals surface area contributed by atoms with Crippen LogP contribution in [0.1, 0.15) is 31.2 Å². The van der Waals surface area contributed by atoms with Crippen LogP contribution in [-0.2, 0) is 16.6 Å². The highest BCUT2D eigenvalue weighted by Gasteiger charge is 2.23. The lowest BCUT2D eigenvalue weighted by Gasteiger charge is -2.29. The SMILES string of the molecule is CN(Cc1ccccc1)c1nc(NCC2CCC(CNS(=O)(=O)c3ccccc3)CC2)nc2ccccc12. The van der Waals surface area contributed by atoms with E-state index in [9.17, 15) is 8.42 Å². The number of hydrogen-bond acceptors (Lipinski definition) is 6. The molecular formula is C30H35N5O2S. The first-order chi connectivity index (χ1) is 18.5. The number of nitrogens with one attached hydrogen (secondary N) is 2. The zero-order valence-corrected chi connectivity index (χ0v) is 22.6. The van der Waals surface area contributed by atoms with E-state index in [4.69, 9.17) is 9.97 Å². The van der Waals surface area contributed by atoms with Crippen LogP contribution in [0.25, 0.3) is 10.9 Å². The molecule has 38 heavy (non-hydrogen) atoms. The zero-order chi connectivity index (χ0) is 26.4. The summed E-state index contributed by atoms with van der Waals surface area (Å²) >= 11 is 0. The summed E-state index contributed by atoms with van der Waals surface area (Å²) in [6, 6.07) is 27.1. The number of hydrogen-bond donors (Lipinski definition) is 2. The van der Waals surface area contributed by atoms with Gasteiger partial charge in [-0.15, -0.1) is 0 Å². The fraction of sp³-hybridized carbons (Fsp3) is 0.333. The van der Waals surface area contributed by atoms with Crippen LogP contribution >= 0.6 is 0 Å². The highest BCUT2D eigenvalue weighted by Crippen LogP contribution is 2.30. The summed E-state index contributed by atoms with van der Waals surface area (Å²) in [6.45, 7) is 2.06. The molecule has 1 saturated carbocycles. The molecule has 0 bridgehead atoms. The van der Waals surface area contributed by atoms with Crippen LogP contribution in [0, 0.1) is 11.8 Å². The fourth-order valence-corrected chi connectivity index (χ4v) is 6.29. The minimum atomic E-state index is -3.45. The highest BCUT2D eigenvalue weighted by atomic mass is 32.2. The lowest BCUT2D eigenvalue weighted by Crippen LogP contribution is -2.32. The van der Waals surface area contributed by atoms with Gasteiger partial charge in [0, 0.05) is 32.1 Å². The summed E-state index contributed by atoms with van der Waals surface area (Å²) in [7, 11) is -1.38. The summed E-state index contributed by atoms with van der Waals surface area (Å²) < 4.78 is 27.9. The van der Waals surface area contributed by atoms with Crippen molar-refractivity contribution in [3.63, 3.8) is 0 Å². The average Bonchev–Trinajstić information content (AvgIpc) is 2.96. The number of nitrogens with zero attached hydrogens (tertiary/aromatic N) is 3. The van der Waals surface area contributed by atoms with Gasteiger partial charge in [-0.05, 0) is 67.3 Å². The van der Waals surface area contributed by atoms with Crippen LogP contribution in [-0.4, -0.2) is 38.5 Å². The monoisotopic (exact) mass is 529 g/mol. The molecular weight excluding hydrogens is 494 g/mol. The molecule has 0 saturated heterocycles. The first kappa shape index (κ1) is 26.1. The van der Waals surface area contributed by atoms with Crippen LogP contribution in [0.15, 0.2) is 89.8 Å². The first-order valence-electron chi connectivity index (χ1n) is 13.3. The zero-order valence-electron chi connectivity index (χ0n) is 21.8. The standard InChI is InChI=1S/C30H35N5O2S/c1-35(22-25-10-4-2-5-11-25)29-27-14-8-9-15-28(27)33-30(34-29)31-20-23-16-18-24(19-17-23)21-32-38(36,37)26-12-6-3-7-13-26/h2-15,23-24,32H,16-22H2,1H3,(H,31,33,34). The number of para-hydroxylation sites is 1. The molecule has 0 radical (unpaired) electrons. The second-order valence-corrected chi connectivity index (χ2v) is 11.9. The largest absolute Gasteiger partial charge is 0.355 e. The minimum absolute atomic E-state index is 0.321. The lowest BCUT2D eigenvalue weighted by atomic mass is 9.82. The Morgan fingerprint density at radius 3 is 2.11 bits per heavy atom. The molecule has 8 heteroatoms. The second-order valence-electron chi connectivity index (χ2n) is 10.2. The Balaban J connectivity index is 1.17. The number of rotatable bonds is 10. The Kier molecular flexibility index (Phi) is 8.20. The van der Waals surface area contributed by atoms with E-state index in [1.807, 2.05) is 30.3 Å². The summed E-state index contributed by atoms with van der Waals surface area (Å²) in [4.78, 5) is 12.2. The summed E-state index contributed by atoms with van der Waals surface area (Å²) in [5.74, 6) is 2.44. The Bertz CT molecular complexity index is 1440. The minimum Gasteiger partial charge on any atom is -0.355 e. The molecule has 4 aromatic rings. The lowest BCUT2D eigenvalue weighted by molar-refractivity contribution is 0.284. The Hall–Kier alpha value is -3.49. The fourth-order valence-electron chi connectivity index (χ4n) is 5.15. The number of aromatic nitrogens is 2. The maximum Gasteiger partial charge on any atom is 0.240 e. The van der Waals surface area contributed by atoms with Crippen molar-refractivity contribution < 1.29 is 8.42 Å². The van der Waals surface area contributed by atoms with Crippen LogP contribution in [0.4, 0.5) is 11.8 Å². The Morgan fingerprint density at radius 1 is 0.789 bits per heavy atom. The molecule has 0 spiro atoms. The van der Waals surface area contributed by atoms with Gasteiger partial charge in [0.1, 0.15) is 5.82 Å². The molecule has 0 unspecified atom stereocenters. The van der Waals surface area contributed by atoms with Crippen molar-refractivity contribution in [2.45, 2.75) is 37.1 Å². The maximum absolute atomic E-state index is 12.5. The molecule has 1 fully saturated rings. The summed E-state index contributed by atoms with van der Waals surface area (Å²) in [6.07, 6.45) is 4.12. The van der Waals surface area contributed by atoms with Gasteiger partial charge in [-0.1, -0.05) is 60.7 Å². The molecule has 0 aliphatic heterocycles. The summed E-state index contributed by atoms with van der Waals surface area (Å²) in [5, 5.41) is 4.53. The van der Waals surface area contributed by atoms with E-state index in [2.05, 4.69) is 52.3 Å². The van der Waals surface area contributed by atoms with Gasteiger partial charge in [-0.25, -0.2) is 18.1 Å². The van der Waals surface area contributed by atoms with Gasteiger partial charge >= 0.3 is 0 Å². The van der Waals surface area contributed by atoms with Crippen LogP contribution < -0.4 is 14.9 Å². The van der Waals surface area contributed by atoms with Crippen molar-refractivity contribution in [3.8, 4) is 0 Å². The molecule has 1 heterocycles. The van der Waals surface area contributed by atoms with E-state index < -0.39 is 10.0 Å². The van der Waals surface area contributed by atoms with Crippen molar-refractivity contribution in [1.82, 2.24) is 14.7 Å². The van der Waals surface area contributed by atoms with Gasteiger partial charge < -0.3 is 10.2 Å². The van der Waals surface area contributed by atoms with Gasteiger partial charge in [0.25, 0.3) is 0 Å². The molecule has 1 aliphatic rings. The molecule has 0 atom stereocenters. The van der Waals surface area contributed by atoms with E-state index in [0.29, 0.717) is 29.2 Å². The van der Waals surface area contributed by atoms with Crippen molar-refractivity contribution in [2.24, 2.45) is 11.8 Å². The van der Waals surface area contributed by atoms with Crippen molar-refractivity contribution in [2.75, 3.05) is 30.4 Å². The van der Waals surface area contributed by atoms with Crippen molar-refractivity contribution in [3.05, 3.63) is 90.5 Å². The van der Waals surface area contributed by atoms with Gasteiger partial charge in [-0.2, -0.15) is 4.98 Å². The van der Waals surface area contributed by atoms with Gasteiger partial charge in [0.05, 0.1) is 10.4 Å². The number of benzene rings is 3. The molecule has 1 aromatic heterocycles. The number of sulfonamides is 1. The predicted molar refractivity (Wildman–Crippen MR) is 154 cm³/mol. The van der Waals surface area contributed by atoms with E-state index >= 15 is 0 Å². The second kappa shape index (κ2) is 11.9. The van der Waals surface area contributed by atoms with Crippen LogP contribution in [0.5, 0.6) is 0 Å². The van der Waals surface area contributed by atoms with Gasteiger partial charge in [0.2, 0.25) is 16.0 Å². The van der Waals surface area contributed by atoms with Gasteiger partial charge in [-0.3, -0.25) is 0 Å². The average molecular weight is 530 g/mol. The topological polar surface area (TPSA) is 87.2 Å². The number of fused-ring (bicyclic) bond motifs is 1. The molecule has 1 aliphatic carbocycles. The van der Waals surface area contributed by atoms with Crippen molar-refractivity contribution in [1.29, 1.82) is 0 Å². The van der Waals surface area contributed by atoms with Gasteiger partial charge in [0.15, 0.2) is 0 Å². The molecule has 198 valence electrons. The Labute approximate surface area is 225 Å². The Morgan fingerprint density at radius 2 is 1.39 bits per heavy atom. The quantitative estimate of drug-likeness (QED) is 0.284. The van der Waals surface area contributed by atoms with E-state index in [1.165, 1.54) is 5.56 Å². The maximum atomic E-state index is 12.5. The third-order valence-corrected chi connectivity index (χ3v) is 8.78. The predicted octanol–water partition coefficient (Wildman–Crippen LogP) is 5.46. The molecule has 7 nitrogen and oxygen atoms in total. The molecule has 0 amide bonds. The highest BCUT2D eigenvalue weighted by molar-refractivity contribution is 7.89. The van der Waals surface area contributed by atoms with Crippen molar-refractivity contribution >= 4 is 32.7 Å². The van der Waals surface area contributed by atoms with E-state index in [0.717, 1.165) is 55.5 Å². The van der Waals surface area contributed by atoms with E-state index in [1.54, 1.807) is 24.3 Å². The van der Waals surface area contributed by atoms with Crippen LogP contribution in [0.2, 0.25) is 0 Å². The normalized spacial score (nSPS) is 17.8. The van der Waals surface area contributed by atoms with E-state index in [-0.39, 0.29) is 0 Å².